The highest BCUT2D eigenvalue weighted by Crippen LogP contribution is 2.48. The van der Waals surface area contributed by atoms with Crippen LogP contribution in [-0.2, 0) is 59.3 Å². The van der Waals surface area contributed by atoms with Crippen LogP contribution in [0.15, 0.2) is 101 Å². The number of carboxylic acid groups (broad SMARTS) is 1. The van der Waals surface area contributed by atoms with Crippen molar-refractivity contribution in [2.75, 3.05) is 27.9 Å². The molecular formula is C59H86N2O21. The molecule has 23 nitrogen and oxygen atoms in total. The molecule has 0 radical (unpaired) electrons. The lowest BCUT2D eigenvalue weighted by Gasteiger charge is -2.55. The van der Waals surface area contributed by atoms with Crippen LogP contribution in [0.25, 0.3) is 0 Å². The number of allylic oxidation sites excluding steroid dienone is 10. The molecular weight excluding hydrogens is 1070 g/mol. The number of rotatable bonds is 24. The zero-order valence-corrected chi connectivity index (χ0v) is 48.9. The van der Waals surface area contributed by atoms with E-state index in [0.29, 0.717) is 5.57 Å². The summed E-state index contributed by atoms with van der Waals surface area (Å²) in [5.74, 6) is -9.46. The average Bonchev–Trinajstić information content (AvgIpc) is 3.35. The van der Waals surface area contributed by atoms with Crippen LogP contribution in [0.1, 0.15) is 79.1 Å². The smallest absolute Gasteiger partial charge is 0.312 e. The number of Topliss-reactive ketones (excluding diaryl/α,β-unsaturated/α-hetero) is 1. The lowest BCUT2D eigenvalue weighted by atomic mass is 9.70. The molecule has 1 amide bonds. The van der Waals surface area contributed by atoms with Gasteiger partial charge in [-0.05, 0) is 58.3 Å². The minimum Gasteiger partial charge on any atom is -0.507 e. The van der Waals surface area contributed by atoms with Gasteiger partial charge < -0.3 is 93.4 Å². The van der Waals surface area contributed by atoms with Crippen LogP contribution in [0.4, 0.5) is 0 Å². The first-order valence-corrected chi connectivity index (χ1v) is 27.4. The SMILES string of the molecule is CC=CC=CC1OC(O)(C(CC)C(=O)NCC=CC=C(C)C(OC)C(C)C2OC(C=CC=CC=C(C)C(=O)c3c(O)ccn(C)c3=O)C(O)C2O)C(O)C(OC2OC(C)C(OC3OC(C)C(OC)C(O)C3OC)C(C(=O)O)C2O)C1(C)C. The van der Waals surface area contributed by atoms with E-state index in [1.54, 1.807) is 115 Å². The first-order chi connectivity index (χ1) is 38.7. The molecule has 1 aromatic rings. The fraction of sp³-hybridized carbons (Fsp3) is 0.627. The van der Waals surface area contributed by atoms with Gasteiger partial charge in [0.15, 0.2) is 18.4 Å². The number of aliphatic hydroxyl groups is 6. The standard InChI is InChI=1S/C59H86N2O21/c1-14-16-18-26-38-58(8,9)52(81-56-43(65)40(55(71)72)48(33(6)77-56)80-57-50(76-13)45(67)49(75-12)34(7)78-57)51(68)59(73,82-38)35(15-2)53(69)60-28-22-21-24-31(4)46(74-11)32(5)47-44(66)42(64)37(79-47)25-20-17-19-23-30(3)41(63)39-36(62)27-29-61(10)54(39)70/h14,16-27,29,32-35,37-38,40,42-52,56-57,62,64-68,73H,15,28H2,1-13H3,(H,60,69)(H,71,72). The zero-order chi connectivity index (χ0) is 61.1. The molecule has 82 heavy (non-hydrogen) atoms. The molecule has 9 N–H and O–H groups in total. The van der Waals surface area contributed by atoms with Crippen LogP contribution in [0.2, 0.25) is 0 Å². The van der Waals surface area contributed by atoms with Gasteiger partial charge in [-0.25, -0.2) is 0 Å². The number of pyridine rings is 1. The van der Waals surface area contributed by atoms with Crippen molar-refractivity contribution < 1.29 is 97.9 Å². The average molecular weight is 1160 g/mol. The number of ether oxygens (including phenoxy) is 9. The maximum absolute atomic E-state index is 14.1. The number of aryl methyl sites for hydroxylation is 1. The van der Waals surface area contributed by atoms with Crippen molar-refractivity contribution in [3.05, 3.63) is 112 Å². The summed E-state index contributed by atoms with van der Waals surface area (Å²) in [7, 11) is 5.68. The van der Waals surface area contributed by atoms with Gasteiger partial charge in [-0.15, -0.1) is 0 Å². The van der Waals surface area contributed by atoms with Crippen molar-refractivity contribution in [2.24, 2.45) is 30.2 Å². The highest BCUT2D eigenvalue weighted by molar-refractivity contribution is 6.09. The largest absolute Gasteiger partial charge is 0.507 e. The molecule has 0 bridgehead atoms. The Balaban J connectivity index is 1.25. The van der Waals surface area contributed by atoms with Gasteiger partial charge in [0, 0.05) is 52.5 Å². The first-order valence-electron chi connectivity index (χ1n) is 27.4. The van der Waals surface area contributed by atoms with Crippen LogP contribution in [-0.4, -0.2) is 201 Å². The molecule has 4 aliphatic rings. The molecule has 0 saturated carbocycles. The summed E-state index contributed by atoms with van der Waals surface area (Å²) in [6.07, 6.45) is 0.111. The first kappa shape index (κ1) is 67.7. The second-order valence-electron chi connectivity index (χ2n) is 21.8. The monoisotopic (exact) mass is 1160 g/mol. The number of aromatic nitrogens is 1. The van der Waals surface area contributed by atoms with Crippen LogP contribution in [0.3, 0.4) is 0 Å². The molecule has 458 valence electrons. The number of carbonyl (C=O) groups is 3. The third-order valence-corrected chi connectivity index (χ3v) is 15.9. The van der Waals surface area contributed by atoms with E-state index in [1.165, 1.54) is 65.1 Å². The lowest BCUT2D eigenvalue weighted by molar-refractivity contribution is -0.395. The summed E-state index contributed by atoms with van der Waals surface area (Å²) in [4.78, 5) is 52.4. The maximum atomic E-state index is 14.1. The Morgan fingerprint density at radius 3 is 2.10 bits per heavy atom. The van der Waals surface area contributed by atoms with E-state index >= 15 is 0 Å². The molecule has 4 fully saturated rings. The number of hydrogen-bond donors (Lipinski definition) is 9. The van der Waals surface area contributed by atoms with E-state index < -0.39 is 162 Å². The number of aromatic hydroxyl groups is 1. The third-order valence-electron chi connectivity index (χ3n) is 15.9. The Hall–Kier alpha value is -5.06. The van der Waals surface area contributed by atoms with Crippen molar-refractivity contribution >= 4 is 17.7 Å². The fourth-order valence-corrected chi connectivity index (χ4v) is 11.1. The van der Waals surface area contributed by atoms with Crippen LogP contribution in [0, 0.1) is 23.2 Å². The minimum atomic E-state index is -2.62. The normalized spacial score (nSPS) is 36.0. The predicted molar refractivity (Wildman–Crippen MR) is 297 cm³/mol. The molecule has 0 aromatic carbocycles. The summed E-state index contributed by atoms with van der Waals surface area (Å²) in [5.41, 5.74) is -1.31. The third kappa shape index (κ3) is 14.9. The number of aliphatic hydroxyl groups excluding tert-OH is 5. The van der Waals surface area contributed by atoms with Gasteiger partial charge in [0.25, 0.3) is 5.56 Å². The van der Waals surface area contributed by atoms with E-state index in [-0.39, 0.29) is 24.1 Å². The number of ketones is 1. The molecule has 5 heterocycles. The number of carbonyl (C=O) groups excluding carboxylic acids is 2. The Labute approximate surface area is 478 Å². The highest BCUT2D eigenvalue weighted by Gasteiger charge is 2.63. The Bertz CT molecular complexity index is 2610. The molecule has 21 atom stereocenters. The van der Waals surface area contributed by atoms with Crippen LogP contribution < -0.4 is 10.9 Å². The van der Waals surface area contributed by atoms with Crippen molar-refractivity contribution in [3.8, 4) is 5.75 Å². The zero-order valence-electron chi connectivity index (χ0n) is 48.9. The molecule has 0 aliphatic carbocycles. The summed E-state index contributed by atoms with van der Waals surface area (Å²) in [5, 5.41) is 92.9. The maximum Gasteiger partial charge on any atom is 0.312 e. The van der Waals surface area contributed by atoms with E-state index in [1.807, 2.05) is 0 Å². The van der Waals surface area contributed by atoms with Crippen LogP contribution >= 0.6 is 0 Å². The number of nitrogens with one attached hydrogen (secondary N) is 1. The molecule has 23 heteroatoms. The molecule has 1 aromatic heterocycles. The van der Waals surface area contributed by atoms with E-state index in [2.05, 4.69) is 5.32 Å². The van der Waals surface area contributed by atoms with Crippen molar-refractivity contribution in [3.63, 3.8) is 0 Å². The predicted octanol–water partition coefficient (Wildman–Crippen LogP) is 2.44. The van der Waals surface area contributed by atoms with Gasteiger partial charge in [-0.1, -0.05) is 101 Å². The van der Waals surface area contributed by atoms with Gasteiger partial charge in [0.05, 0.1) is 42.5 Å². The second-order valence-corrected chi connectivity index (χ2v) is 21.8. The fourth-order valence-electron chi connectivity index (χ4n) is 11.1. The molecule has 0 spiro atoms. The number of methoxy groups -OCH3 is 3. The van der Waals surface area contributed by atoms with E-state index in [0.717, 1.165) is 0 Å². The van der Waals surface area contributed by atoms with Crippen molar-refractivity contribution in [1.29, 1.82) is 0 Å². The van der Waals surface area contributed by atoms with Gasteiger partial charge in [0.2, 0.25) is 11.7 Å². The number of nitrogens with zero attached hydrogens (tertiary/aromatic N) is 1. The minimum absolute atomic E-state index is 0.0414. The van der Waals surface area contributed by atoms with Gasteiger partial charge in [-0.2, -0.15) is 0 Å². The topological polar surface area (TPSA) is 330 Å². The van der Waals surface area contributed by atoms with E-state index in [4.69, 9.17) is 42.6 Å². The molecule has 21 unspecified atom stereocenters. The number of hydrogen-bond acceptors (Lipinski definition) is 20. The summed E-state index contributed by atoms with van der Waals surface area (Å²) in [6, 6.07) is 1.26. The Morgan fingerprint density at radius 2 is 1.48 bits per heavy atom. The van der Waals surface area contributed by atoms with Crippen molar-refractivity contribution in [1.82, 2.24) is 9.88 Å². The van der Waals surface area contributed by atoms with E-state index in [9.17, 15) is 60.0 Å². The summed E-state index contributed by atoms with van der Waals surface area (Å²) < 4.78 is 54.9. The molecule has 5 rings (SSSR count). The van der Waals surface area contributed by atoms with Crippen LogP contribution in [0.5, 0.6) is 5.75 Å². The molecule has 4 aliphatic heterocycles. The summed E-state index contributed by atoms with van der Waals surface area (Å²) >= 11 is 0. The van der Waals surface area contributed by atoms with Gasteiger partial charge in [-0.3, -0.25) is 19.2 Å². The Morgan fingerprint density at radius 1 is 0.829 bits per heavy atom. The van der Waals surface area contributed by atoms with Gasteiger partial charge in [0.1, 0.15) is 72.2 Å². The lowest BCUT2D eigenvalue weighted by Crippen LogP contribution is -2.71. The highest BCUT2D eigenvalue weighted by atomic mass is 16.7. The summed E-state index contributed by atoms with van der Waals surface area (Å²) in [6.45, 7) is 15.0. The van der Waals surface area contributed by atoms with Gasteiger partial charge >= 0.3 is 5.97 Å². The number of carboxylic acids is 1. The number of amides is 1. The second kappa shape index (κ2) is 29.6. The number of aliphatic carboxylic acids is 1. The quantitative estimate of drug-likeness (QED) is 0.0408. The molecule has 4 saturated heterocycles. The Kier molecular flexibility index (Phi) is 24.5. The van der Waals surface area contributed by atoms with Crippen molar-refractivity contribution in [2.45, 2.75) is 179 Å².